The number of fused-ring (bicyclic) bond motifs is 1. The summed E-state index contributed by atoms with van der Waals surface area (Å²) in [6.45, 7) is 9.70. The molecule has 2 aromatic rings. The Hall–Kier alpha value is -2.05. The topological polar surface area (TPSA) is 49.9 Å². The van der Waals surface area contributed by atoms with Crippen LogP contribution in [0.5, 0.6) is 5.75 Å². The Morgan fingerprint density at radius 3 is 2.59 bits per heavy atom. The minimum absolute atomic E-state index is 0.0242. The lowest BCUT2D eigenvalue weighted by molar-refractivity contribution is -0.144. The third kappa shape index (κ3) is 6.04. The van der Waals surface area contributed by atoms with E-state index in [9.17, 15) is 9.59 Å². The zero-order valence-corrected chi connectivity index (χ0v) is 20.9. The average Bonchev–Trinajstić information content (AvgIpc) is 3.26. The van der Waals surface area contributed by atoms with Gasteiger partial charge in [0.1, 0.15) is 12.4 Å². The van der Waals surface area contributed by atoms with Crippen LogP contribution in [-0.2, 0) is 16.0 Å². The van der Waals surface area contributed by atoms with Gasteiger partial charge in [-0.25, -0.2) is 0 Å². The highest BCUT2D eigenvalue weighted by Crippen LogP contribution is 2.34. The Kier molecular flexibility index (Phi) is 8.60. The second-order valence-electron chi connectivity index (χ2n) is 8.80. The highest BCUT2D eigenvalue weighted by molar-refractivity contribution is 7.10. The molecule has 0 aliphatic carbocycles. The molecule has 1 aromatic carbocycles. The first-order valence-corrected chi connectivity index (χ1v) is 12.6. The number of halogens is 1. The first-order chi connectivity index (χ1) is 15.3. The lowest BCUT2D eigenvalue weighted by Crippen LogP contribution is -2.49. The summed E-state index contributed by atoms with van der Waals surface area (Å²) in [6.07, 6.45) is 1.80. The molecule has 0 radical (unpaired) electrons. The van der Waals surface area contributed by atoms with Crippen LogP contribution >= 0.6 is 22.9 Å². The second kappa shape index (κ2) is 11.2. The quantitative estimate of drug-likeness (QED) is 0.484. The van der Waals surface area contributed by atoms with Crippen LogP contribution in [0.4, 0.5) is 0 Å². The van der Waals surface area contributed by atoms with Crippen molar-refractivity contribution in [1.29, 1.82) is 0 Å². The molecule has 0 spiro atoms. The largest absolute Gasteiger partial charge is 0.491 e. The molecule has 5 nitrogen and oxygen atoms in total. The fourth-order valence-electron chi connectivity index (χ4n) is 3.94. The number of benzene rings is 1. The van der Waals surface area contributed by atoms with E-state index in [4.69, 9.17) is 16.3 Å². The summed E-state index contributed by atoms with van der Waals surface area (Å²) in [5.74, 6) is 0.933. The van der Waals surface area contributed by atoms with Crippen LogP contribution < -0.4 is 4.74 Å². The maximum absolute atomic E-state index is 13.5. The molecule has 1 aliphatic heterocycles. The van der Waals surface area contributed by atoms with Gasteiger partial charge in [-0.15, -0.1) is 11.3 Å². The molecule has 0 unspecified atom stereocenters. The molecule has 7 heteroatoms. The van der Waals surface area contributed by atoms with Gasteiger partial charge in [0.15, 0.2) is 0 Å². The number of carbonyl (C=O) groups is 2. The van der Waals surface area contributed by atoms with Crippen LogP contribution in [0.15, 0.2) is 35.7 Å². The zero-order valence-electron chi connectivity index (χ0n) is 19.3. The van der Waals surface area contributed by atoms with Gasteiger partial charge in [-0.3, -0.25) is 9.59 Å². The third-order valence-corrected chi connectivity index (χ3v) is 7.25. The van der Waals surface area contributed by atoms with Crippen molar-refractivity contribution < 1.29 is 14.3 Å². The Morgan fingerprint density at radius 1 is 1.22 bits per heavy atom. The SMILES string of the molecule is CC[C@@H](C)CN(CC(=O)N1CCc2sccc2[C@H]1COc1ccc(Cl)cc1)C(=O)C(C)C. The molecule has 2 heterocycles. The van der Waals surface area contributed by atoms with Gasteiger partial charge in [0.05, 0.1) is 12.6 Å². The van der Waals surface area contributed by atoms with Crippen LogP contribution in [0.1, 0.15) is 50.6 Å². The van der Waals surface area contributed by atoms with Crippen LogP contribution in [0, 0.1) is 11.8 Å². The van der Waals surface area contributed by atoms with E-state index in [0.717, 1.165) is 24.2 Å². The van der Waals surface area contributed by atoms with E-state index in [-0.39, 0.29) is 30.3 Å². The van der Waals surface area contributed by atoms with Crippen molar-refractivity contribution in [2.24, 2.45) is 11.8 Å². The van der Waals surface area contributed by atoms with Gasteiger partial charge in [0.25, 0.3) is 0 Å². The number of amides is 2. The highest BCUT2D eigenvalue weighted by Gasteiger charge is 2.34. The minimum atomic E-state index is -0.173. The standard InChI is InChI=1S/C25H33ClN2O3S/c1-5-18(4)14-27(25(30)17(2)3)15-24(29)28-12-10-23-21(11-13-32-23)22(28)16-31-20-8-6-19(26)7-9-20/h6-9,11,13,17-18,22H,5,10,12,14-16H2,1-4H3/t18-,22-/m1/s1. The lowest BCUT2D eigenvalue weighted by atomic mass is 10.00. The van der Waals surface area contributed by atoms with Gasteiger partial charge in [-0.1, -0.05) is 45.7 Å². The molecule has 0 saturated carbocycles. The monoisotopic (exact) mass is 476 g/mol. The smallest absolute Gasteiger partial charge is 0.242 e. The summed E-state index contributed by atoms with van der Waals surface area (Å²) in [5, 5.41) is 2.73. The molecule has 174 valence electrons. The number of hydrogen-bond acceptors (Lipinski definition) is 4. The third-order valence-electron chi connectivity index (χ3n) is 6.00. The summed E-state index contributed by atoms with van der Waals surface area (Å²) in [4.78, 5) is 31.2. The van der Waals surface area contributed by atoms with Crippen LogP contribution in [0.25, 0.3) is 0 Å². The van der Waals surface area contributed by atoms with E-state index in [0.29, 0.717) is 30.6 Å². The van der Waals surface area contributed by atoms with Gasteiger partial charge in [-0.05, 0) is 53.6 Å². The molecule has 1 aliphatic rings. The summed E-state index contributed by atoms with van der Waals surface area (Å²) in [5.41, 5.74) is 1.15. The van der Waals surface area contributed by atoms with Crippen molar-refractivity contribution in [3.63, 3.8) is 0 Å². The van der Waals surface area contributed by atoms with Crippen molar-refractivity contribution in [1.82, 2.24) is 9.80 Å². The first-order valence-electron chi connectivity index (χ1n) is 11.3. The van der Waals surface area contributed by atoms with Crippen molar-refractivity contribution in [2.75, 3.05) is 26.2 Å². The van der Waals surface area contributed by atoms with Crippen molar-refractivity contribution in [3.05, 3.63) is 51.2 Å². The van der Waals surface area contributed by atoms with Gasteiger partial charge >= 0.3 is 0 Å². The van der Waals surface area contributed by atoms with Crippen molar-refractivity contribution >= 4 is 34.8 Å². The second-order valence-corrected chi connectivity index (χ2v) is 10.2. The molecule has 2 amide bonds. The molecule has 0 saturated heterocycles. The fourth-order valence-corrected chi connectivity index (χ4v) is 4.99. The molecule has 2 atom stereocenters. The molecular weight excluding hydrogens is 444 g/mol. The molecule has 3 rings (SSSR count). The summed E-state index contributed by atoms with van der Waals surface area (Å²) in [7, 11) is 0. The predicted octanol–water partition coefficient (Wildman–Crippen LogP) is 5.44. The molecular formula is C25H33ClN2O3S. The Morgan fingerprint density at radius 2 is 1.94 bits per heavy atom. The maximum Gasteiger partial charge on any atom is 0.242 e. The maximum atomic E-state index is 13.5. The Labute approximate surface area is 200 Å². The molecule has 0 fully saturated rings. The van der Waals surface area contributed by atoms with E-state index in [1.165, 1.54) is 4.88 Å². The van der Waals surface area contributed by atoms with Crippen LogP contribution in [0.3, 0.4) is 0 Å². The minimum Gasteiger partial charge on any atom is -0.491 e. The van der Waals surface area contributed by atoms with E-state index in [1.807, 2.05) is 30.9 Å². The van der Waals surface area contributed by atoms with Gasteiger partial charge < -0.3 is 14.5 Å². The fraction of sp³-hybridized carbons (Fsp3) is 0.520. The summed E-state index contributed by atoms with van der Waals surface area (Å²) in [6, 6.07) is 9.17. The van der Waals surface area contributed by atoms with Gasteiger partial charge in [0, 0.05) is 28.9 Å². The number of carbonyl (C=O) groups excluding carboxylic acids is 2. The zero-order chi connectivity index (χ0) is 23.3. The van der Waals surface area contributed by atoms with E-state index < -0.39 is 0 Å². The number of hydrogen-bond donors (Lipinski definition) is 0. The van der Waals surface area contributed by atoms with Crippen molar-refractivity contribution in [3.8, 4) is 5.75 Å². The normalized spacial score (nSPS) is 16.6. The number of rotatable bonds is 9. The molecule has 1 aromatic heterocycles. The molecule has 0 bridgehead atoms. The lowest BCUT2D eigenvalue weighted by Gasteiger charge is -2.37. The summed E-state index contributed by atoms with van der Waals surface area (Å²) < 4.78 is 6.05. The first kappa shape index (κ1) is 24.6. The van der Waals surface area contributed by atoms with E-state index in [1.54, 1.807) is 28.4 Å². The summed E-state index contributed by atoms with van der Waals surface area (Å²) >= 11 is 7.71. The van der Waals surface area contributed by atoms with Crippen molar-refractivity contribution in [2.45, 2.75) is 46.6 Å². The van der Waals surface area contributed by atoms with E-state index in [2.05, 4.69) is 25.3 Å². The average molecular weight is 477 g/mol. The Bertz CT molecular complexity index is 912. The Balaban J connectivity index is 1.77. The molecule has 0 N–H and O–H groups in total. The molecule has 32 heavy (non-hydrogen) atoms. The van der Waals surface area contributed by atoms with Gasteiger partial charge in [0.2, 0.25) is 11.8 Å². The van der Waals surface area contributed by atoms with Crippen LogP contribution in [-0.4, -0.2) is 47.9 Å². The highest BCUT2D eigenvalue weighted by atomic mass is 35.5. The number of ether oxygens (including phenoxy) is 1. The van der Waals surface area contributed by atoms with E-state index >= 15 is 0 Å². The number of thiophene rings is 1. The van der Waals surface area contributed by atoms with Gasteiger partial charge in [-0.2, -0.15) is 0 Å². The predicted molar refractivity (Wildman–Crippen MR) is 130 cm³/mol. The number of nitrogens with zero attached hydrogens (tertiary/aromatic N) is 2. The van der Waals surface area contributed by atoms with Crippen LogP contribution in [0.2, 0.25) is 5.02 Å².